The lowest BCUT2D eigenvalue weighted by molar-refractivity contribution is 0.415. The molecule has 0 radical (unpaired) electrons. The van der Waals surface area contributed by atoms with Crippen LogP contribution in [0.5, 0.6) is 5.75 Å². The van der Waals surface area contributed by atoms with Crippen molar-refractivity contribution in [1.29, 1.82) is 0 Å². The van der Waals surface area contributed by atoms with Crippen LogP contribution in [0.2, 0.25) is 10.0 Å². The first kappa shape index (κ1) is 17.6. The van der Waals surface area contributed by atoms with Crippen LogP contribution >= 0.6 is 23.2 Å². The summed E-state index contributed by atoms with van der Waals surface area (Å²) in [5, 5.41) is 12.5. The minimum Gasteiger partial charge on any atom is -0.495 e. The standard InChI is InChI=1S/C18H17Cl2N3O2/c1-10-4-7-16(24-3)15(8-10)21-11(2)17-22-23-18(25-17)12-5-6-13(19)14(20)9-12/h4-9,11,21H,1-3H3. The Kier molecular flexibility index (Phi) is 5.16. The number of anilines is 1. The highest BCUT2D eigenvalue weighted by Crippen LogP contribution is 2.31. The maximum atomic E-state index is 6.04. The lowest BCUT2D eigenvalue weighted by Gasteiger charge is -2.15. The molecule has 0 aliphatic carbocycles. The van der Waals surface area contributed by atoms with Crippen LogP contribution in [0.3, 0.4) is 0 Å². The predicted molar refractivity (Wildman–Crippen MR) is 99.5 cm³/mol. The van der Waals surface area contributed by atoms with Crippen LogP contribution in [-0.2, 0) is 0 Å². The van der Waals surface area contributed by atoms with Crippen LogP contribution in [0.4, 0.5) is 5.69 Å². The molecule has 0 amide bonds. The Bertz CT molecular complexity index is 896. The van der Waals surface area contributed by atoms with E-state index >= 15 is 0 Å². The SMILES string of the molecule is COc1ccc(C)cc1NC(C)c1nnc(-c2ccc(Cl)c(Cl)c2)o1. The van der Waals surface area contributed by atoms with Gasteiger partial charge in [0.2, 0.25) is 11.8 Å². The molecule has 1 atom stereocenters. The molecular formula is C18H17Cl2N3O2. The number of aromatic nitrogens is 2. The number of ether oxygens (including phenoxy) is 1. The molecule has 1 heterocycles. The molecule has 7 heteroatoms. The van der Waals surface area contributed by atoms with Gasteiger partial charge in [0.1, 0.15) is 11.8 Å². The van der Waals surface area contributed by atoms with E-state index < -0.39 is 0 Å². The zero-order valence-corrected chi connectivity index (χ0v) is 15.5. The predicted octanol–water partition coefficient (Wildman–Crippen LogP) is 5.53. The Balaban J connectivity index is 1.82. The fourth-order valence-corrected chi connectivity index (χ4v) is 2.68. The van der Waals surface area contributed by atoms with Gasteiger partial charge in [-0.2, -0.15) is 0 Å². The van der Waals surface area contributed by atoms with Gasteiger partial charge in [-0.1, -0.05) is 29.3 Å². The van der Waals surface area contributed by atoms with Crippen molar-refractivity contribution in [2.75, 3.05) is 12.4 Å². The summed E-state index contributed by atoms with van der Waals surface area (Å²) in [7, 11) is 1.63. The van der Waals surface area contributed by atoms with Gasteiger partial charge >= 0.3 is 0 Å². The topological polar surface area (TPSA) is 60.2 Å². The van der Waals surface area contributed by atoms with Gasteiger partial charge < -0.3 is 14.5 Å². The lowest BCUT2D eigenvalue weighted by Crippen LogP contribution is -2.08. The van der Waals surface area contributed by atoms with Crippen molar-refractivity contribution in [3.8, 4) is 17.2 Å². The highest BCUT2D eigenvalue weighted by Gasteiger charge is 2.17. The number of hydrogen-bond acceptors (Lipinski definition) is 5. The van der Waals surface area contributed by atoms with E-state index in [4.69, 9.17) is 32.4 Å². The quantitative estimate of drug-likeness (QED) is 0.632. The van der Waals surface area contributed by atoms with Crippen LogP contribution in [-0.4, -0.2) is 17.3 Å². The van der Waals surface area contributed by atoms with E-state index in [2.05, 4.69) is 15.5 Å². The summed E-state index contributed by atoms with van der Waals surface area (Å²) >= 11 is 12.0. The maximum Gasteiger partial charge on any atom is 0.247 e. The van der Waals surface area contributed by atoms with Gasteiger partial charge in [0.25, 0.3) is 0 Å². The number of aryl methyl sites for hydroxylation is 1. The van der Waals surface area contributed by atoms with Crippen LogP contribution in [0.25, 0.3) is 11.5 Å². The van der Waals surface area contributed by atoms with Crippen LogP contribution in [0.1, 0.15) is 24.4 Å². The molecule has 2 aromatic carbocycles. The van der Waals surface area contributed by atoms with Gasteiger partial charge in [-0.3, -0.25) is 0 Å². The van der Waals surface area contributed by atoms with Gasteiger partial charge in [-0.25, -0.2) is 0 Å². The Morgan fingerprint density at radius 1 is 1.08 bits per heavy atom. The Labute approximate surface area is 155 Å². The van der Waals surface area contributed by atoms with E-state index in [1.807, 2.05) is 32.0 Å². The van der Waals surface area contributed by atoms with Crippen LogP contribution < -0.4 is 10.1 Å². The van der Waals surface area contributed by atoms with Crippen molar-refractivity contribution in [3.63, 3.8) is 0 Å². The normalized spacial score (nSPS) is 12.0. The van der Waals surface area contributed by atoms with E-state index in [0.29, 0.717) is 27.4 Å². The maximum absolute atomic E-state index is 6.04. The lowest BCUT2D eigenvalue weighted by atomic mass is 10.2. The van der Waals surface area contributed by atoms with Crippen LogP contribution in [0.15, 0.2) is 40.8 Å². The molecule has 0 fully saturated rings. The molecule has 0 saturated heterocycles. The molecule has 0 aliphatic rings. The minimum absolute atomic E-state index is 0.195. The van der Waals surface area contributed by atoms with Gasteiger partial charge in [0.15, 0.2) is 0 Å². The third kappa shape index (κ3) is 3.89. The summed E-state index contributed by atoms with van der Waals surface area (Å²) < 4.78 is 11.2. The first-order valence-electron chi connectivity index (χ1n) is 7.68. The van der Waals surface area contributed by atoms with Crippen LogP contribution in [0, 0.1) is 6.92 Å². The van der Waals surface area contributed by atoms with E-state index in [1.54, 1.807) is 25.3 Å². The summed E-state index contributed by atoms with van der Waals surface area (Å²) in [5.41, 5.74) is 2.70. The Morgan fingerprint density at radius 3 is 2.60 bits per heavy atom. The van der Waals surface area contributed by atoms with E-state index in [-0.39, 0.29) is 6.04 Å². The molecular weight excluding hydrogens is 361 g/mol. The first-order chi connectivity index (χ1) is 12.0. The number of hydrogen-bond donors (Lipinski definition) is 1. The van der Waals surface area contributed by atoms with E-state index in [1.165, 1.54) is 0 Å². The molecule has 130 valence electrons. The average molecular weight is 378 g/mol. The smallest absolute Gasteiger partial charge is 0.247 e. The molecule has 5 nitrogen and oxygen atoms in total. The number of rotatable bonds is 5. The number of methoxy groups -OCH3 is 1. The molecule has 0 saturated carbocycles. The van der Waals surface area contributed by atoms with E-state index in [0.717, 1.165) is 17.0 Å². The third-order valence-corrected chi connectivity index (χ3v) is 4.44. The first-order valence-corrected chi connectivity index (χ1v) is 8.43. The third-order valence-electron chi connectivity index (χ3n) is 3.70. The highest BCUT2D eigenvalue weighted by molar-refractivity contribution is 6.42. The highest BCUT2D eigenvalue weighted by atomic mass is 35.5. The van der Waals surface area contributed by atoms with Crippen molar-refractivity contribution in [2.24, 2.45) is 0 Å². The second-order valence-electron chi connectivity index (χ2n) is 5.64. The largest absolute Gasteiger partial charge is 0.495 e. The van der Waals surface area contributed by atoms with Gasteiger partial charge in [-0.15, -0.1) is 10.2 Å². The summed E-state index contributed by atoms with van der Waals surface area (Å²) in [6.45, 7) is 3.96. The number of benzene rings is 2. The fourth-order valence-electron chi connectivity index (χ4n) is 2.38. The fraction of sp³-hybridized carbons (Fsp3) is 0.222. The summed E-state index contributed by atoms with van der Waals surface area (Å²) in [6, 6.07) is 10.9. The van der Waals surface area contributed by atoms with E-state index in [9.17, 15) is 0 Å². The molecule has 0 spiro atoms. The Morgan fingerprint density at radius 2 is 1.88 bits per heavy atom. The number of nitrogens with zero attached hydrogens (tertiary/aromatic N) is 2. The number of halogens is 2. The van der Waals surface area contributed by atoms with Crippen molar-refractivity contribution in [2.45, 2.75) is 19.9 Å². The zero-order valence-electron chi connectivity index (χ0n) is 14.0. The molecule has 0 aliphatic heterocycles. The molecule has 3 aromatic rings. The van der Waals surface area contributed by atoms with Crippen molar-refractivity contribution in [3.05, 3.63) is 57.9 Å². The molecule has 1 aromatic heterocycles. The molecule has 3 rings (SSSR count). The Hall–Kier alpha value is -2.24. The van der Waals surface area contributed by atoms with Crippen molar-refractivity contribution in [1.82, 2.24) is 10.2 Å². The average Bonchev–Trinajstić information content (AvgIpc) is 3.08. The summed E-state index contributed by atoms with van der Waals surface area (Å²) in [5.74, 6) is 1.60. The second-order valence-corrected chi connectivity index (χ2v) is 6.46. The molecule has 0 bridgehead atoms. The van der Waals surface area contributed by atoms with Crippen molar-refractivity contribution >= 4 is 28.9 Å². The molecule has 25 heavy (non-hydrogen) atoms. The number of nitrogens with one attached hydrogen (secondary N) is 1. The van der Waals surface area contributed by atoms with Gasteiger partial charge in [0, 0.05) is 5.56 Å². The molecule has 1 N–H and O–H groups in total. The van der Waals surface area contributed by atoms with Gasteiger partial charge in [-0.05, 0) is 49.7 Å². The van der Waals surface area contributed by atoms with Crippen molar-refractivity contribution < 1.29 is 9.15 Å². The minimum atomic E-state index is -0.195. The zero-order chi connectivity index (χ0) is 18.0. The monoisotopic (exact) mass is 377 g/mol. The van der Waals surface area contributed by atoms with Gasteiger partial charge in [0.05, 0.1) is 22.8 Å². The molecule has 1 unspecified atom stereocenters. The summed E-state index contributed by atoms with van der Waals surface area (Å²) in [6.07, 6.45) is 0. The summed E-state index contributed by atoms with van der Waals surface area (Å²) in [4.78, 5) is 0. The second kappa shape index (κ2) is 7.33.